The molecule has 0 unspecified atom stereocenters. The number of nitrogens with one attached hydrogen (secondary N) is 1. The van der Waals surface area contributed by atoms with Crippen LogP contribution in [0.3, 0.4) is 0 Å². The van der Waals surface area contributed by atoms with Crippen LogP contribution in [0, 0.1) is 6.92 Å². The Hall–Kier alpha value is -2.56. The van der Waals surface area contributed by atoms with Crippen LogP contribution in [0.25, 0.3) is 0 Å². The zero-order valence-electron chi connectivity index (χ0n) is 11.8. The lowest BCUT2D eigenvalue weighted by Gasteiger charge is -2.16. The molecule has 1 aromatic carbocycles. The number of carbonyl (C=O) groups excluding carboxylic acids is 2. The Labute approximate surface area is 122 Å². The van der Waals surface area contributed by atoms with Crippen LogP contribution in [0.2, 0.25) is 0 Å². The van der Waals surface area contributed by atoms with Crippen LogP contribution < -0.4 is 10.2 Å². The van der Waals surface area contributed by atoms with E-state index in [1.807, 2.05) is 19.1 Å². The number of aryl methyl sites for hydroxylation is 1. The molecule has 0 atom stereocenters. The average molecular weight is 284 g/mol. The second kappa shape index (κ2) is 5.44. The van der Waals surface area contributed by atoms with Gasteiger partial charge in [0.2, 0.25) is 5.91 Å². The largest absolute Gasteiger partial charge is 0.459 e. The molecular weight excluding hydrogens is 268 g/mol. The monoisotopic (exact) mass is 284 g/mol. The smallest absolute Gasteiger partial charge is 0.291 e. The Morgan fingerprint density at radius 2 is 2.19 bits per heavy atom. The molecule has 0 radical (unpaired) electrons. The van der Waals surface area contributed by atoms with Crippen molar-refractivity contribution in [1.82, 2.24) is 0 Å². The number of nitrogens with zero attached hydrogens (tertiary/aromatic N) is 1. The molecular formula is C16H16N2O3. The van der Waals surface area contributed by atoms with Crippen molar-refractivity contribution in [2.75, 3.05) is 16.8 Å². The SMILES string of the molecule is Cc1ccoc1C(=O)Nc1cccc(N2CCCC2=O)c1. The second-order valence-corrected chi connectivity index (χ2v) is 5.09. The van der Waals surface area contributed by atoms with Gasteiger partial charge in [0.15, 0.2) is 5.76 Å². The Morgan fingerprint density at radius 1 is 1.33 bits per heavy atom. The lowest BCUT2D eigenvalue weighted by atomic mass is 10.2. The van der Waals surface area contributed by atoms with E-state index in [4.69, 9.17) is 4.42 Å². The Kier molecular flexibility index (Phi) is 3.48. The molecule has 21 heavy (non-hydrogen) atoms. The van der Waals surface area contributed by atoms with Gasteiger partial charge < -0.3 is 14.6 Å². The first-order valence-electron chi connectivity index (χ1n) is 6.91. The molecule has 0 spiro atoms. The van der Waals surface area contributed by atoms with Gasteiger partial charge in [-0.2, -0.15) is 0 Å². The molecule has 2 amide bonds. The predicted octanol–water partition coefficient (Wildman–Crippen LogP) is 2.97. The van der Waals surface area contributed by atoms with Gasteiger partial charge in [0, 0.05) is 29.9 Å². The molecule has 0 bridgehead atoms. The van der Waals surface area contributed by atoms with Gasteiger partial charge >= 0.3 is 0 Å². The van der Waals surface area contributed by atoms with Crippen LogP contribution in [0.4, 0.5) is 11.4 Å². The van der Waals surface area contributed by atoms with Crippen LogP contribution in [0.1, 0.15) is 29.0 Å². The standard InChI is InChI=1S/C16H16N2O3/c1-11-7-9-21-15(11)16(20)17-12-4-2-5-13(10-12)18-8-3-6-14(18)19/h2,4-5,7,9-10H,3,6,8H2,1H3,(H,17,20). The first kappa shape index (κ1) is 13.4. The fourth-order valence-corrected chi connectivity index (χ4v) is 2.47. The first-order chi connectivity index (χ1) is 10.1. The van der Waals surface area contributed by atoms with Gasteiger partial charge in [-0.1, -0.05) is 6.07 Å². The summed E-state index contributed by atoms with van der Waals surface area (Å²) in [6.07, 6.45) is 2.95. The van der Waals surface area contributed by atoms with E-state index >= 15 is 0 Å². The van der Waals surface area contributed by atoms with Crippen molar-refractivity contribution in [3.05, 3.63) is 47.9 Å². The zero-order chi connectivity index (χ0) is 14.8. The summed E-state index contributed by atoms with van der Waals surface area (Å²) in [7, 11) is 0. The number of furan rings is 1. The van der Waals surface area contributed by atoms with Crippen molar-refractivity contribution in [3.63, 3.8) is 0 Å². The van der Waals surface area contributed by atoms with Gasteiger partial charge in [-0.3, -0.25) is 9.59 Å². The van der Waals surface area contributed by atoms with E-state index in [0.717, 1.165) is 24.2 Å². The van der Waals surface area contributed by atoms with Crippen molar-refractivity contribution in [2.45, 2.75) is 19.8 Å². The van der Waals surface area contributed by atoms with Crippen molar-refractivity contribution in [1.29, 1.82) is 0 Å². The minimum Gasteiger partial charge on any atom is -0.459 e. The number of benzene rings is 1. The fourth-order valence-electron chi connectivity index (χ4n) is 2.47. The Morgan fingerprint density at radius 3 is 2.86 bits per heavy atom. The molecule has 5 nitrogen and oxygen atoms in total. The summed E-state index contributed by atoms with van der Waals surface area (Å²) in [5.74, 6) is 0.139. The van der Waals surface area contributed by atoms with Crippen LogP contribution in [-0.2, 0) is 4.79 Å². The summed E-state index contributed by atoms with van der Waals surface area (Å²) >= 11 is 0. The number of amides is 2. The minimum atomic E-state index is -0.289. The van der Waals surface area contributed by atoms with Crippen LogP contribution in [0.15, 0.2) is 41.0 Å². The van der Waals surface area contributed by atoms with Gasteiger partial charge in [0.05, 0.1) is 6.26 Å². The van der Waals surface area contributed by atoms with Gasteiger partial charge in [0.25, 0.3) is 5.91 Å². The Bertz CT molecular complexity index is 690. The third kappa shape index (κ3) is 2.67. The number of rotatable bonds is 3. The van der Waals surface area contributed by atoms with Gasteiger partial charge in [-0.25, -0.2) is 0 Å². The van der Waals surface area contributed by atoms with Crippen molar-refractivity contribution >= 4 is 23.2 Å². The van der Waals surface area contributed by atoms with E-state index < -0.39 is 0 Å². The molecule has 0 aliphatic carbocycles. The molecule has 5 heteroatoms. The van der Waals surface area contributed by atoms with E-state index in [0.29, 0.717) is 17.9 Å². The molecule has 1 N–H and O–H groups in total. The van der Waals surface area contributed by atoms with Crippen molar-refractivity contribution in [2.24, 2.45) is 0 Å². The third-order valence-corrected chi connectivity index (χ3v) is 3.56. The highest BCUT2D eigenvalue weighted by Crippen LogP contribution is 2.24. The minimum absolute atomic E-state index is 0.125. The summed E-state index contributed by atoms with van der Waals surface area (Å²) in [6, 6.07) is 9.04. The van der Waals surface area contributed by atoms with Gasteiger partial charge in [0.1, 0.15) is 0 Å². The number of hydrogen-bond acceptors (Lipinski definition) is 3. The highest BCUT2D eigenvalue weighted by Gasteiger charge is 2.22. The summed E-state index contributed by atoms with van der Waals surface area (Å²) in [6.45, 7) is 2.55. The lowest BCUT2D eigenvalue weighted by molar-refractivity contribution is -0.117. The molecule has 108 valence electrons. The maximum absolute atomic E-state index is 12.1. The Balaban J connectivity index is 1.79. The second-order valence-electron chi connectivity index (χ2n) is 5.09. The molecule has 2 heterocycles. The highest BCUT2D eigenvalue weighted by molar-refractivity contribution is 6.04. The number of anilines is 2. The normalized spacial score (nSPS) is 14.5. The van der Waals surface area contributed by atoms with Crippen LogP contribution in [-0.4, -0.2) is 18.4 Å². The summed E-state index contributed by atoms with van der Waals surface area (Å²) in [4.78, 5) is 25.6. The van der Waals surface area contributed by atoms with E-state index in [-0.39, 0.29) is 11.8 Å². The van der Waals surface area contributed by atoms with Crippen LogP contribution in [0.5, 0.6) is 0 Å². The molecule has 2 aromatic rings. The maximum Gasteiger partial charge on any atom is 0.291 e. The lowest BCUT2D eigenvalue weighted by Crippen LogP contribution is -2.23. The van der Waals surface area contributed by atoms with E-state index in [2.05, 4.69) is 5.32 Å². The van der Waals surface area contributed by atoms with Crippen LogP contribution >= 0.6 is 0 Å². The predicted molar refractivity (Wildman–Crippen MR) is 79.4 cm³/mol. The molecule has 0 saturated carbocycles. The van der Waals surface area contributed by atoms with Gasteiger partial charge in [-0.05, 0) is 37.6 Å². The number of hydrogen-bond donors (Lipinski definition) is 1. The first-order valence-corrected chi connectivity index (χ1v) is 6.91. The molecule has 3 rings (SSSR count). The van der Waals surface area contributed by atoms with E-state index in [1.165, 1.54) is 6.26 Å². The average Bonchev–Trinajstić information content (AvgIpc) is 3.07. The third-order valence-electron chi connectivity index (χ3n) is 3.56. The molecule has 1 aromatic heterocycles. The van der Waals surface area contributed by atoms with E-state index in [1.54, 1.807) is 23.1 Å². The molecule has 1 saturated heterocycles. The molecule has 1 fully saturated rings. The zero-order valence-corrected chi connectivity index (χ0v) is 11.8. The fraction of sp³-hybridized carbons (Fsp3) is 0.250. The topological polar surface area (TPSA) is 62.6 Å². The van der Waals surface area contributed by atoms with Crippen molar-refractivity contribution < 1.29 is 14.0 Å². The van der Waals surface area contributed by atoms with Gasteiger partial charge in [-0.15, -0.1) is 0 Å². The number of carbonyl (C=O) groups is 2. The summed E-state index contributed by atoms with van der Waals surface area (Å²) in [5, 5.41) is 2.79. The molecule has 1 aliphatic rings. The summed E-state index contributed by atoms with van der Waals surface area (Å²) < 4.78 is 5.17. The highest BCUT2D eigenvalue weighted by atomic mass is 16.3. The van der Waals surface area contributed by atoms with Crippen molar-refractivity contribution in [3.8, 4) is 0 Å². The van der Waals surface area contributed by atoms with E-state index in [9.17, 15) is 9.59 Å². The summed E-state index contributed by atoms with van der Waals surface area (Å²) in [5.41, 5.74) is 2.25. The molecule has 1 aliphatic heterocycles. The maximum atomic E-state index is 12.1. The quantitative estimate of drug-likeness (QED) is 0.942.